The highest BCUT2D eigenvalue weighted by Gasteiger charge is 2.26. The van der Waals surface area contributed by atoms with Gasteiger partial charge in [-0.3, -0.25) is 14.6 Å². The van der Waals surface area contributed by atoms with Crippen molar-refractivity contribution in [3.63, 3.8) is 0 Å². The van der Waals surface area contributed by atoms with Gasteiger partial charge >= 0.3 is 0 Å². The maximum Gasteiger partial charge on any atom is 0.241 e. The minimum atomic E-state index is -0.190. The number of carbonyl (C=O) groups is 1. The van der Waals surface area contributed by atoms with Gasteiger partial charge in [-0.2, -0.15) is 0 Å². The fourth-order valence-corrected chi connectivity index (χ4v) is 3.29. The molecule has 1 aliphatic rings. The van der Waals surface area contributed by atoms with Crippen LogP contribution in [-0.2, 0) is 11.3 Å². The second kappa shape index (κ2) is 8.43. The third-order valence-electron chi connectivity index (χ3n) is 5.09. The summed E-state index contributed by atoms with van der Waals surface area (Å²) in [6, 6.07) is 14.5. The summed E-state index contributed by atoms with van der Waals surface area (Å²) in [4.78, 5) is 17.0. The van der Waals surface area contributed by atoms with Crippen molar-refractivity contribution in [2.24, 2.45) is 0 Å². The van der Waals surface area contributed by atoms with Gasteiger partial charge < -0.3 is 5.32 Å². The summed E-state index contributed by atoms with van der Waals surface area (Å²) < 4.78 is 13.8. The predicted molar refractivity (Wildman–Crippen MR) is 103 cm³/mol. The summed E-state index contributed by atoms with van der Waals surface area (Å²) in [5.74, 6) is -0.136. The molecule has 0 saturated carbocycles. The van der Waals surface area contributed by atoms with Gasteiger partial charge in [-0.25, -0.2) is 4.39 Å². The van der Waals surface area contributed by atoms with Gasteiger partial charge in [0.15, 0.2) is 0 Å². The molecule has 2 aromatic rings. The van der Waals surface area contributed by atoms with Crippen LogP contribution in [0.15, 0.2) is 48.5 Å². The van der Waals surface area contributed by atoms with E-state index in [0.717, 1.165) is 43.0 Å². The van der Waals surface area contributed by atoms with Crippen molar-refractivity contribution >= 4 is 11.6 Å². The second-order valence-electron chi connectivity index (χ2n) is 6.88. The molecular formula is C21H26FN3O. The van der Waals surface area contributed by atoms with E-state index in [1.807, 2.05) is 50.2 Å². The summed E-state index contributed by atoms with van der Waals surface area (Å²) in [5, 5.41) is 3.02. The molecule has 138 valence electrons. The van der Waals surface area contributed by atoms with E-state index in [1.165, 1.54) is 6.07 Å². The Morgan fingerprint density at radius 2 is 1.73 bits per heavy atom. The van der Waals surface area contributed by atoms with E-state index in [1.54, 1.807) is 6.07 Å². The normalized spacial score (nSPS) is 17.0. The van der Waals surface area contributed by atoms with E-state index in [0.29, 0.717) is 6.54 Å². The third kappa shape index (κ3) is 4.48. The number of benzene rings is 2. The van der Waals surface area contributed by atoms with Gasteiger partial charge in [0.25, 0.3) is 0 Å². The molecular weight excluding hydrogens is 329 g/mol. The first-order valence-electron chi connectivity index (χ1n) is 9.11. The predicted octanol–water partition coefficient (Wildman–Crippen LogP) is 3.28. The molecule has 5 heteroatoms. The number of hydrogen-bond acceptors (Lipinski definition) is 3. The minimum absolute atomic E-state index is 0.0156. The summed E-state index contributed by atoms with van der Waals surface area (Å²) in [6.07, 6.45) is 0. The SMILES string of the molecule is Cc1ccccc1NC(=O)C(C)N1CCN(Cc2ccccc2F)CC1. The van der Waals surface area contributed by atoms with Gasteiger partial charge in [0.2, 0.25) is 5.91 Å². The lowest BCUT2D eigenvalue weighted by atomic mass is 10.1. The molecule has 1 saturated heterocycles. The highest BCUT2D eigenvalue weighted by atomic mass is 19.1. The van der Waals surface area contributed by atoms with Crippen LogP contribution in [0.1, 0.15) is 18.1 Å². The fraction of sp³-hybridized carbons (Fsp3) is 0.381. The number of para-hydroxylation sites is 1. The first-order chi connectivity index (χ1) is 12.5. The zero-order valence-corrected chi connectivity index (χ0v) is 15.4. The number of nitrogens with zero attached hydrogens (tertiary/aromatic N) is 2. The summed E-state index contributed by atoms with van der Waals surface area (Å²) in [6.45, 7) is 7.81. The molecule has 26 heavy (non-hydrogen) atoms. The first-order valence-corrected chi connectivity index (χ1v) is 9.11. The maximum absolute atomic E-state index is 13.8. The molecule has 0 radical (unpaired) electrons. The summed E-state index contributed by atoms with van der Waals surface area (Å²) >= 11 is 0. The van der Waals surface area contributed by atoms with Gasteiger partial charge in [-0.15, -0.1) is 0 Å². The van der Waals surface area contributed by atoms with Gasteiger partial charge in [-0.05, 0) is 31.5 Å². The Bertz CT molecular complexity index is 756. The number of piperazine rings is 1. The van der Waals surface area contributed by atoms with Crippen LogP contribution in [0.5, 0.6) is 0 Å². The Kier molecular flexibility index (Phi) is 6.01. The molecule has 4 nitrogen and oxygen atoms in total. The van der Waals surface area contributed by atoms with Crippen LogP contribution < -0.4 is 5.32 Å². The maximum atomic E-state index is 13.8. The molecule has 1 fully saturated rings. The van der Waals surface area contributed by atoms with Crippen LogP contribution in [0.4, 0.5) is 10.1 Å². The number of anilines is 1. The smallest absolute Gasteiger partial charge is 0.241 e. The Labute approximate surface area is 154 Å². The Morgan fingerprint density at radius 3 is 2.42 bits per heavy atom. The van der Waals surface area contributed by atoms with Crippen molar-refractivity contribution in [1.29, 1.82) is 0 Å². The molecule has 0 bridgehead atoms. The lowest BCUT2D eigenvalue weighted by Crippen LogP contribution is -2.52. The van der Waals surface area contributed by atoms with Crippen LogP contribution in [0.3, 0.4) is 0 Å². The Hall–Kier alpha value is -2.24. The average Bonchev–Trinajstić information content (AvgIpc) is 2.65. The van der Waals surface area contributed by atoms with Gasteiger partial charge in [-0.1, -0.05) is 36.4 Å². The Balaban J connectivity index is 1.52. The number of amides is 1. The highest BCUT2D eigenvalue weighted by Crippen LogP contribution is 2.16. The van der Waals surface area contributed by atoms with Crippen molar-refractivity contribution in [2.45, 2.75) is 26.4 Å². The molecule has 0 aromatic heterocycles. The lowest BCUT2D eigenvalue weighted by molar-refractivity contribution is -0.121. The molecule has 0 spiro atoms. The van der Waals surface area contributed by atoms with Gasteiger partial charge in [0.1, 0.15) is 5.82 Å². The first kappa shape index (κ1) is 18.5. The number of carbonyl (C=O) groups excluding carboxylic acids is 1. The highest BCUT2D eigenvalue weighted by molar-refractivity contribution is 5.95. The molecule has 1 aliphatic heterocycles. The Morgan fingerprint density at radius 1 is 1.08 bits per heavy atom. The molecule has 1 heterocycles. The van der Waals surface area contributed by atoms with Crippen LogP contribution in [0, 0.1) is 12.7 Å². The fourth-order valence-electron chi connectivity index (χ4n) is 3.29. The van der Waals surface area contributed by atoms with Crippen LogP contribution >= 0.6 is 0 Å². The van der Waals surface area contributed by atoms with Crippen LogP contribution in [0.25, 0.3) is 0 Å². The van der Waals surface area contributed by atoms with Crippen LogP contribution in [-0.4, -0.2) is 47.9 Å². The third-order valence-corrected chi connectivity index (χ3v) is 5.09. The topological polar surface area (TPSA) is 35.6 Å². The van der Waals surface area contributed by atoms with E-state index >= 15 is 0 Å². The largest absolute Gasteiger partial charge is 0.324 e. The molecule has 0 aliphatic carbocycles. The number of halogens is 1. The molecule has 1 atom stereocenters. The molecule has 2 aromatic carbocycles. The average molecular weight is 355 g/mol. The lowest BCUT2D eigenvalue weighted by Gasteiger charge is -2.37. The van der Waals surface area contributed by atoms with E-state index < -0.39 is 0 Å². The number of rotatable bonds is 5. The minimum Gasteiger partial charge on any atom is -0.324 e. The molecule has 1 amide bonds. The monoisotopic (exact) mass is 355 g/mol. The van der Waals surface area contributed by atoms with E-state index in [9.17, 15) is 9.18 Å². The van der Waals surface area contributed by atoms with Crippen molar-refractivity contribution in [2.75, 3.05) is 31.5 Å². The van der Waals surface area contributed by atoms with Crippen molar-refractivity contribution in [3.05, 3.63) is 65.5 Å². The molecule has 3 rings (SSSR count). The van der Waals surface area contributed by atoms with Gasteiger partial charge in [0, 0.05) is 44.0 Å². The standard InChI is InChI=1S/C21H26FN3O/c1-16-7-3-6-10-20(16)23-21(26)17(2)25-13-11-24(12-14-25)15-18-8-4-5-9-19(18)22/h3-10,17H,11-15H2,1-2H3,(H,23,26). The molecule has 1 N–H and O–H groups in total. The second-order valence-corrected chi connectivity index (χ2v) is 6.88. The van der Waals surface area contributed by atoms with Crippen LogP contribution in [0.2, 0.25) is 0 Å². The van der Waals surface area contributed by atoms with E-state index in [4.69, 9.17) is 0 Å². The number of aryl methyl sites for hydroxylation is 1. The van der Waals surface area contributed by atoms with Crippen molar-refractivity contribution < 1.29 is 9.18 Å². The zero-order valence-electron chi connectivity index (χ0n) is 15.4. The van der Waals surface area contributed by atoms with E-state index in [-0.39, 0.29) is 17.8 Å². The van der Waals surface area contributed by atoms with Crippen molar-refractivity contribution in [1.82, 2.24) is 9.80 Å². The van der Waals surface area contributed by atoms with Gasteiger partial charge in [0.05, 0.1) is 6.04 Å². The zero-order chi connectivity index (χ0) is 18.5. The van der Waals surface area contributed by atoms with E-state index in [2.05, 4.69) is 15.1 Å². The van der Waals surface area contributed by atoms with Crippen molar-refractivity contribution in [3.8, 4) is 0 Å². The summed E-state index contributed by atoms with van der Waals surface area (Å²) in [5.41, 5.74) is 2.65. The molecule has 1 unspecified atom stereocenters. The quantitative estimate of drug-likeness (QED) is 0.894. The number of hydrogen-bond donors (Lipinski definition) is 1. The number of nitrogens with one attached hydrogen (secondary N) is 1. The summed E-state index contributed by atoms with van der Waals surface area (Å²) in [7, 11) is 0.